The lowest BCUT2D eigenvalue weighted by Crippen LogP contribution is -2.37. The second-order valence-electron chi connectivity index (χ2n) is 5.36. The Morgan fingerprint density at radius 1 is 1.08 bits per heavy atom. The van der Waals surface area contributed by atoms with Crippen molar-refractivity contribution in [3.8, 4) is 5.75 Å². The molecule has 0 radical (unpaired) electrons. The molecule has 0 spiro atoms. The highest BCUT2D eigenvalue weighted by molar-refractivity contribution is 7.89. The maximum atomic E-state index is 12.2. The van der Waals surface area contributed by atoms with E-state index in [2.05, 4.69) is 11.6 Å². The summed E-state index contributed by atoms with van der Waals surface area (Å²) in [5.41, 5.74) is 0. The van der Waals surface area contributed by atoms with Gasteiger partial charge in [-0.3, -0.25) is 4.90 Å². The zero-order valence-electron chi connectivity index (χ0n) is 14.1. The van der Waals surface area contributed by atoms with Crippen LogP contribution in [0, 0.1) is 0 Å². The number of sulfonamides is 1. The SMILES string of the molecule is CCCCOc1ccc(S(=O)(=O)NCCN(CCO)CCO)cc1. The molecule has 24 heavy (non-hydrogen) atoms. The first-order chi connectivity index (χ1) is 11.5. The minimum atomic E-state index is -3.58. The van der Waals surface area contributed by atoms with Gasteiger partial charge in [0.25, 0.3) is 0 Å². The van der Waals surface area contributed by atoms with Gasteiger partial charge in [-0.15, -0.1) is 0 Å². The third-order valence-electron chi connectivity index (χ3n) is 3.45. The fourth-order valence-electron chi connectivity index (χ4n) is 2.09. The first-order valence-corrected chi connectivity index (χ1v) is 9.68. The van der Waals surface area contributed by atoms with Crippen LogP contribution in [0.5, 0.6) is 5.75 Å². The van der Waals surface area contributed by atoms with Crippen molar-refractivity contribution in [2.75, 3.05) is 46.0 Å². The van der Waals surface area contributed by atoms with Crippen LogP contribution in [0.1, 0.15) is 19.8 Å². The zero-order valence-corrected chi connectivity index (χ0v) is 15.0. The van der Waals surface area contributed by atoms with Crippen LogP contribution in [0.2, 0.25) is 0 Å². The predicted molar refractivity (Wildman–Crippen MR) is 92.6 cm³/mol. The van der Waals surface area contributed by atoms with E-state index in [-0.39, 0.29) is 24.7 Å². The van der Waals surface area contributed by atoms with Crippen LogP contribution >= 0.6 is 0 Å². The van der Waals surface area contributed by atoms with Crippen LogP contribution in [0.4, 0.5) is 0 Å². The summed E-state index contributed by atoms with van der Waals surface area (Å²) in [4.78, 5) is 1.97. The van der Waals surface area contributed by atoms with Crippen LogP contribution in [-0.4, -0.2) is 69.5 Å². The van der Waals surface area contributed by atoms with Gasteiger partial charge < -0.3 is 14.9 Å². The molecule has 0 saturated carbocycles. The van der Waals surface area contributed by atoms with Gasteiger partial charge in [0.05, 0.1) is 24.7 Å². The van der Waals surface area contributed by atoms with Crippen LogP contribution < -0.4 is 9.46 Å². The fourth-order valence-corrected chi connectivity index (χ4v) is 3.11. The van der Waals surface area contributed by atoms with Gasteiger partial charge in [0.15, 0.2) is 0 Å². The second kappa shape index (κ2) is 11.4. The molecule has 0 amide bonds. The van der Waals surface area contributed by atoms with E-state index in [0.29, 0.717) is 32.0 Å². The third kappa shape index (κ3) is 7.59. The summed E-state index contributed by atoms with van der Waals surface area (Å²) in [6.45, 7) is 4.03. The Morgan fingerprint density at radius 3 is 2.25 bits per heavy atom. The Balaban J connectivity index is 2.52. The number of aliphatic hydroxyl groups is 2. The molecule has 0 aliphatic rings. The topological polar surface area (TPSA) is 99.1 Å². The lowest BCUT2D eigenvalue weighted by Gasteiger charge is -2.20. The summed E-state index contributed by atoms with van der Waals surface area (Å²) in [7, 11) is -3.58. The Morgan fingerprint density at radius 2 is 1.71 bits per heavy atom. The molecule has 1 aromatic rings. The van der Waals surface area contributed by atoms with E-state index >= 15 is 0 Å². The molecule has 0 aliphatic heterocycles. The van der Waals surface area contributed by atoms with E-state index in [0.717, 1.165) is 12.8 Å². The molecular weight excluding hydrogens is 332 g/mol. The minimum absolute atomic E-state index is 0.0355. The predicted octanol–water partition coefficient (Wildman–Crippen LogP) is 0.430. The number of aliphatic hydroxyl groups excluding tert-OH is 2. The molecule has 0 fully saturated rings. The molecule has 1 rings (SSSR count). The van der Waals surface area contributed by atoms with Crippen molar-refractivity contribution in [2.45, 2.75) is 24.7 Å². The number of ether oxygens (including phenoxy) is 1. The van der Waals surface area contributed by atoms with Gasteiger partial charge in [-0.05, 0) is 30.7 Å². The van der Waals surface area contributed by atoms with E-state index < -0.39 is 10.0 Å². The van der Waals surface area contributed by atoms with Crippen LogP contribution in [-0.2, 0) is 10.0 Å². The molecule has 0 aromatic heterocycles. The highest BCUT2D eigenvalue weighted by Gasteiger charge is 2.14. The largest absolute Gasteiger partial charge is 0.494 e. The van der Waals surface area contributed by atoms with Gasteiger partial charge in [0, 0.05) is 26.2 Å². The minimum Gasteiger partial charge on any atom is -0.494 e. The van der Waals surface area contributed by atoms with Gasteiger partial charge in [-0.2, -0.15) is 0 Å². The number of benzene rings is 1. The highest BCUT2D eigenvalue weighted by Crippen LogP contribution is 2.16. The lowest BCUT2D eigenvalue weighted by atomic mass is 10.3. The second-order valence-corrected chi connectivity index (χ2v) is 7.13. The Hall–Kier alpha value is -1.19. The van der Waals surface area contributed by atoms with Crippen molar-refractivity contribution in [2.24, 2.45) is 0 Å². The number of rotatable bonds is 13. The van der Waals surface area contributed by atoms with Crippen molar-refractivity contribution in [3.63, 3.8) is 0 Å². The van der Waals surface area contributed by atoms with Gasteiger partial charge in [0.1, 0.15) is 5.75 Å². The normalized spacial score (nSPS) is 11.8. The summed E-state index contributed by atoms with van der Waals surface area (Å²) < 4.78 is 32.5. The molecule has 138 valence electrons. The summed E-state index contributed by atoms with van der Waals surface area (Å²) in [5, 5.41) is 17.9. The van der Waals surface area contributed by atoms with Gasteiger partial charge in [0.2, 0.25) is 10.0 Å². The number of hydrogen-bond acceptors (Lipinski definition) is 6. The quantitative estimate of drug-likeness (QED) is 0.441. The van der Waals surface area contributed by atoms with Gasteiger partial charge in [-0.25, -0.2) is 13.1 Å². The molecule has 8 heteroatoms. The maximum Gasteiger partial charge on any atom is 0.240 e. The summed E-state index contributed by atoms with van der Waals surface area (Å²) >= 11 is 0. The molecular formula is C16H28N2O5S. The molecule has 0 unspecified atom stereocenters. The van der Waals surface area contributed by atoms with Gasteiger partial charge >= 0.3 is 0 Å². The molecule has 0 heterocycles. The molecule has 0 saturated heterocycles. The third-order valence-corrected chi connectivity index (χ3v) is 4.93. The number of nitrogens with one attached hydrogen (secondary N) is 1. The molecule has 3 N–H and O–H groups in total. The number of hydrogen-bond donors (Lipinski definition) is 3. The van der Waals surface area contributed by atoms with Crippen molar-refractivity contribution in [3.05, 3.63) is 24.3 Å². The van der Waals surface area contributed by atoms with Gasteiger partial charge in [-0.1, -0.05) is 13.3 Å². The first kappa shape index (κ1) is 20.9. The van der Waals surface area contributed by atoms with Crippen molar-refractivity contribution < 1.29 is 23.4 Å². The zero-order chi connectivity index (χ0) is 17.8. The standard InChI is InChI=1S/C16H28N2O5S/c1-2-3-14-23-15-4-6-16(7-5-15)24(21,22)17-8-9-18(10-12-19)11-13-20/h4-7,17,19-20H,2-3,8-14H2,1H3. The van der Waals surface area contributed by atoms with E-state index in [1.165, 1.54) is 12.1 Å². The first-order valence-electron chi connectivity index (χ1n) is 8.20. The molecule has 0 atom stereocenters. The smallest absolute Gasteiger partial charge is 0.240 e. The van der Waals surface area contributed by atoms with Crippen LogP contribution in [0.25, 0.3) is 0 Å². The van der Waals surface area contributed by atoms with E-state index in [1.54, 1.807) is 17.0 Å². The highest BCUT2D eigenvalue weighted by atomic mass is 32.2. The van der Waals surface area contributed by atoms with E-state index in [1.807, 2.05) is 0 Å². The number of nitrogens with zero attached hydrogens (tertiary/aromatic N) is 1. The summed E-state index contributed by atoms with van der Waals surface area (Å²) in [6.07, 6.45) is 2.00. The van der Waals surface area contributed by atoms with Crippen LogP contribution in [0.3, 0.4) is 0 Å². The Bertz CT molecular complexity index is 542. The molecule has 1 aromatic carbocycles. The summed E-state index contributed by atoms with van der Waals surface area (Å²) in [6, 6.07) is 6.33. The molecule has 0 aliphatic carbocycles. The fraction of sp³-hybridized carbons (Fsp3) is 0.625. The van der Waals surface area contributed by atoms with Crippen LogP contribution in [0.15, 0.2) is 29.2 Å². The van der Waals surface area contributed by atoms with E-state index in [4.69, 9.17) is 14.9 Å². The average molecular weight is 360 g/mol. The maximum absolute atomic E-state index is 12.2. The Kier molecular flexibility index (Phi) is 9.89. The summed E-state index contributed by atoms with van der Waals surface area (Å²) in [5.74, 6) is 0.652. The average Bonchev–Trinajstić information content (AvgIpc) is 2.56. The van der Waals surface area contributed by atoms with Crippen molar-refractivity contribution in [1.82, 2.24) is 9.62 Å². The van der Waals surface area contributed by atoms with E-state index in [9.17, 15) is 8.42 Å². The Labute approximate surface area is 144 Å². The monoisotopic (exact) mass is 360 g/mol. The molecule has 7 nitrogen and oxygen atoms in total. The van der Waals surface area contributed by atoms with Crippen molar-refractivity contribution in [1.29, 1.82) is 0 Å². The molecule has 0 bridgehead atoms. The van der Waals surface area contributed by atoms with Crippen molar-refractivity contribution >= 4 is 10.0 Å². The number of unbranched alkanes of at least 4 members (excludes halogenated alkanes) is 1. The lowest BCUT2D eigenvalue weighted by molar-refractivity contribution is 0.163.